The molecule has 2 atom stereocenters. The average Bonchev–Trinajstić information content (AvgIpc) is 3.15. The maximum absolute atomic E-state index is 12.7. The molecule has 7 heteroatoms. The third kappa shape index (κ3) is 3.84. The molecule has 1 amide bonds. The standard InChI is InChI=1S/C20H26N4O2S/c1-12-5-4-6-17(13(12)2)26-14(3)19-22-23-20(27-19)21-18(25)16-11-24-9-7-15(16)8-10-24/h4-6,14-16H,7-11H2,1-3H3,(H,21,23,25)/t14-,16-/m1/s1. The Bertz CT molecular complexity index is 829. The number of benzene rings is 1. The first-order valence-corrected chi connectivity index (χ1v) is 10.4. The molecule has 144 valence electrons. The molecule has 0 radical (unpaired) electrons. The number of aryl methyl sites for hydroxylation is 1. The highest BCUT2D eigenvalue weighted by atomic mass is 32.1. The molecule has 0 unspecified atom stereocenters. The van der Waals surface area contributed by atoms with Crippen molar-refractivity contribution in [2.45, 2.75) is 39.7 Å². The maximum Gasteiger partial charge on any atom is 0.230 e. The van der Waals surface area contributed by atoms with E-state index in [2.05, 4.69) is 40.3 Å². The highest BCUT2D eigenvalue weighted by molar-refractivity contribution is 7.15. The van der Waals surface area contributed by atoms with Crippen LogP contribution in [0.15, 0.2) is 18.2 Å². The van der Waals surface area contributed by atoms with Crippen LogP contribution in [0.3, 0.4) is 0 Å². The van der Waals surface area contributed by atoms with Crippen molar-refractivity contribution in [2.24, 2.45) is 11.8 Å². The number of nitrogens with one attached hydrogen (secondary N) is 1. The van der Waals surface area contributed by atoms with E-state index >= 15 is 0 Å². The molecule has 1 N–H and O–H groups in total. The second-order valence-electron chi connectivity index (χ2n) is 7.64. The molecule has 0 spiro atoms. The first-order valence-electron chi connectivity index (χ1n) is 9.60. The van der Waals surface area contributed by atoms with E-state index in [1.807, 2.05) is 19.1 Å². The Morgan fingerprint density at radius 2 is 2.07 bits per heavy atom. The van der Waals surface area contributed by atoms with Gasteiger partial charge in [0.05, 0.1) is 5.92 Å². The predicted molar refractivity (Wildman–Crippen MR) is 106 cm³/mol. The molecule has 27 heavy (non-hydrogen) atoms. The molecule has 2 aromatic rings. The van der Waals surface area contributed by atoms with Crippen molar-refractivity contribution in [3.05, 3.63) is 34.3 Å². The second kappa shape index (κ2) is 7.56. The lowest BCUT2D eigenvalue weighted by atomic mass is 9.78. The van der Waals surface area contributed by atoms with Crippen molar-refractivity contribution in [2.75, 3.05) is 25.0 Å². The summed E-state index contributed by atoms with van der Waals surface area (Å²) in [6.45, 7) is 9.21. The van der Waals surface area contributed by atoms with Gasteiger partial charge in [-0.2, -0.15) is 0 Å². The zero-order valence-electron chi connectivity index (χ0n) is 16.1. The summed E-state index contributed by atoms with van der Waals surface area (Å²) in [5.74, 6) is 1.52. The van der Waals surface area contributed by atoms with Gasteiger partial charge in [-0.25, -0.2) is 0 Å². The molecule has 5 rings (SSSR count). The van der Waals surface area contributed by atoms with Gasteiger partial charge in [0.15, 0.2) is 5.01 Å². The summed E-state index contributed by atoms with van der Waals surface area (Å²) >= 11 is 1.39. The van der Waals surface area contributed by atoms with Crippen LogP contribution in [0.1, 0.15) is 42.0 Å². The van der Waals surface area contributed by atoms with Crippen molar-refractivity contribution in [1.82, 2.24) is 15.1 Å². The molecule has 1 aromatic carbocycles. The number of hydrogen-bond donors (Lipinski definition) is 1. The number of anilines is 1. The Kier molecular flexibility index (Phi) is 5.14. The van der Waals surface area contributed by atoms with Gasteiger partial charge in [0.1, 0.15) is 11.9 Å². The molecule has 6 nitrogen and oxygen atoms in total. The normalized spacial score (nSPS) is 25.2. The molecule has 1 aromatic heterocycles. The summed E-state index contributed by atoms with van der Waals surface area (Å²) < 4.78 is 6.08. The van der Waals surface area contributed by atoms with E-state index < -0.39 is 0 Å². The molecule has 4 heterocycles. The van der Waals surface area contributed by atoms with Crippen LogP contribution in [0.25, 0.3) is 0 Å². The van der Waals surface area contributed by atoms with Crippen LogP contribution in [0, 0.1) is 25.7 Å². The van der Waals surface area contributed by atoms with E-state index in [-0.39, 0.29) is 17.9 Å². The third-order valence-electron chi connectivity index (χ3n) is 5.87. The Morgan fingerprint density at radius 1 is 1.30 bits per heavy atom. The van der Waals surface area contributed by atoms with Crippen molar-refractivity contribution in [3.63, 3.8) is 0 Å². The number of carbonyl (C=O) groups is 1. The minimum absolute atomic E-state index is 0.0727. The lowest BCUT2D eigenvalue weighted by molar-refractivity contribution is -0.125. The number of piperidine rings is 3. The van der Waals surface area contributed by atoms with Crippen molar-refractivity contribution < 1.29 is 9.53 Å². The maximum atomic E-state index is 12.7. The van der Waals surface area contributed by atoms with Crippen LogP contribution in [-0.2, 0) is 4.79 Å². The number of amides is 1. The van der Waals surface area contributed by atoms with Gasteiger partial charge in [-0.05, 0) is 69.8 Å². The lowest BCUT2D eigenvalue weighted by Crippen LogP contribution is -2.51. The molecule has 0 saturated carbocycles. The summed E-state index contributed by atoms with van der Waals surface area (Å²) in [6, 6.07) is 6.03. The average molecular weight is 387 g/mol. The third-order valence-corrected chi connectivity index (χ3v) is 6.87. The summed E-state index contributed by atoms with van der Waals surface area (Å²) in [6.07, 6.45) is 2.03. The highest BCUT2D eigenvalue weighted by Crippen LogP contribution is 2.34. The van der Waals surface area contributed by atoms with Gasteiger partial charge in [0, 0.05) is 6.54 Å². The molecular weight excluding hydrogens is 360 g/mol. The number of carbonyl (C=O) groups excluding carboxylic acids is 1. The number of aromatic nitrogens is 2. The Labute approximate surface area is 163 Å². The summed E-state index contributed by atoms with van der Waals surface area (Å²) in [5, 5.41) is 12.7. The minimum Gasteiger partial charge on any atom is -0.483 e. The zero-order valence-corrected chi connectivity index (χ0v) is 16.9. The lowest BCUT2D eigenvalue weighted by Gasteiger charge is -2.43. The number of fused-ring (bicyclic) bond motifs is 3. The molecule has 2 bridgehead atoms. The molecule has 3 fully saturated rings. The predicted octanol–water partition coefficient (Wildman–Crippen LogP) is 3.58. The zero-order chi connectivity index (χ0) is 19.0. The van der Waals surface area contributed by atoms with Crippen molar-refractivity contribution in [3.8, 4) is 5.75 Å². The fourth-order valence-corrected chi connectivity index (χ4v) is 4.73. The van der Waals surface area contributed by atoms with Gasteiger partial charge >= 0.3 is 0 Å². The van der Waals surface area contributed by atoms with Gasteiger partial charge in [0.25, 0.3) is 0 Å². The van der Waals surface area contributed by atoms with E-state index in [0.717, 1.165) is 48.8 Å². The Balaban J connectivity index is 1.39. The topological polar surface area (TPSA) is 67.4 Å². The van der Waals surface area contributed by atoms with Gasteiger partial charge in [-0.15, -0.1) is 10.2 Å². The highest BCUT2D eigenvalue weighted by Gasteiger charge is 2.38. The molecule has 0 aliphatic carbocycles. The van der Waals surface area contributed by atoms with E-state index in [0.29, 0.717) is 11.0 Å². The summed E-state index contributed by atoms with van der Waals surface area (Å²) in [4.78, 5) is 15.1. The smallest absolute Gasteiger partial charge is 0.230 e. The van der Waals surface area contributed by atoms with E-state index in [4.69, 9.17) is 4.74 Å². The quantitative estimate of drug-likeness (QED) is 0.851. The van der Waals surface area contributed by atoms with Gasteiger partial charge in [-0.3, -0.25) is 4.79 Å². The van der Waals surface area contributed by atoms with E-state index in [1.54, 1.807) is 0 Å². The molecule has 3 aliphatic rings. The first-order chi connectivity index (χ1) is 13.0. The fraction of sp³-hybridized carbons (Fsp3) is 0.550. The molecular formula is C20H26N4O2S. The molecule has 3 aliphatic heterocycles. The number of nitrogens with zero attached hydrogens (tertiary/aromatic N) is 3. The minimum atomic E-state index is -0.217. The van der Waals surface area contributed by atoms with Crippen LogP contribution in [0.5, 0.6) is 5.75 Å². The second-order valence-corrected chi connectivity index (χ2v) is 8.65. The van der Waals surface area contributed by atoms with Gasteiger partial charge < -0.3 is 15.0 Å². The van der Waals surface area contributed by atoms with Crippen molar-refractivity contribution in [1.29, 1.82) is 0 Å². The Hall–Kier alpha value is -1.99. The molecule has 3 saturated heterocycles. The number of rotatable bonds is 5. The monoisotopic (exact) mass is 386 g/mol. The van der Waals surface area contributed by atoms with E-state index in [9.17, 15) is 4.79 Å². The van der Waals surface area contributed by atoms with Crippen LogP contribution < -0.4 is 10.1 Å². The summed E-state index contributed by atoms with van der Waals surface area (Å²) in [5.41, 5.74) is 2.33. The fourth-order valence-electron chi connectivity index (χ4n) is 4.00. The largest absolute Gasteiger partial charge is 0.483 e. The van der Waals surface area contributed by atoms with Crippen molar-refractivity contribution >= 4 is 22.4 Å². The van der Waals surface area contributed by atoms with Gasteiger partial charge in [0.2, 0.25) is 11.0 Å². The van der Waals surface area contributed by atoms with Crippen LogP contribution >= 0.6 is 11.3 Å². The SMILES string of the molecule is Cc1cccc(O[C@H](C)c2nnc(NC(=O)[C@@H]3CN4CCC3CC4)s2)c1C. The Morgan fingerprint density at radius 3 is 2.78 bits per heavy atom. The van der Waals surface area contributed by atoms with E-state index in [1.165, 1.54) is 16.9 Å². The number of ether oxygens (including phenoxy) is 1. The van der Waals surface area contributed by atoms with Crippen LogP contribution in [-0.4, -0.2) is 40.6 Å². The van der Waals surface area contributed by atoms with Gasteiger partial charge in [-0.1, -0.05) is 23.5 Å². The van der Waals surface area contributed by atoms with Crippen LogP contribution in [0.4, 0.5) is 5.13 Å². The number of hydrogen-bond acceptors (Lipinski definition) is 6. The first kappa shape index (κ1) is 18.4. The summed E-state index contributed by atoms with van der Waals surface area (Å²) in [7, 11) is 0. The van der Waals surface area contributed by atoms with Crippen LogP contribution in [0.2, 0.25) is 0 Å².